The molecule has 0 amide bonds. The number of rotatable bonds is 5. The van der Waals surface area contributed by atoms with Crippen molar-refractivity contribution in [2.75, 3.05) is 0 Å². The summed E-state index contributed by atoms with van der Waals surface area (Å²) in [5.74, 6) is 0.661. The van der Waals surface area contributed by atoms with Crippen LogP contribution in [0.3, 0.4) is 0 Å². The lowest BCUT2D eigenvalue weighted by molar-refractivity contribution is 0.598. The van der Waals surface area contributed by atoms with Crippen molar-refractivity contribution < 1.29 is 8.42 Å². The number of aromatic nitrogens is 2. The Hall–Kier alpha value is -2.51. The molecule has 0 saturated carbocycles. The van der Waals surface area contributed by atoms with Gasteiger partial charge in [-0.05, 0) is 42.8 Å². The van der Waals surface area contributed by atoms with E-state index in [0.717, 1.165) is 12.8 Å². The molecule has 0 aliphatic rings. The van der Waals surface area contributed by atoms with E-state index >= 15 is 0 Å². The Balaban J connectivity index is 2.22. The van der Waals surface area contributed by atoms with Crippen molar-refractivity contribution >= 4 is 20.9 Å². The normalized spacial score (nSPS) is 11.8. The Labute approximate surface area is 146 Å². The lowest BCUT2D eigenvalue weighted by Crippen LogP contribution is -2.24. The summed E-state index contributed by atoms with van der Waals surface area (Å²) in [5, 5.41) is 5.66. The lowest BCUT2D eigenvalue weighted by Gasteiger charge is -2.14. The number of hydrogen-bond acceptors (Lipinski definition) is 4. The average molecular weight is 357 g/mol. The molecule has 3 rings (SSSR count). The van der Waals surface area contributed by atoms with Crippen molar-refractivity contribution in [2.24, 2.45) is 5.14 Å². The maximum absolute atomic E-state index is 13.0. The third-order valence-electron chi connectivity index (χ3n) is 4.02. The maximum Gasteiger partial charge on any atom is 0.265 e. The molecule has 1 heterocycles. The highest BCUT2D eigenvalue weighted by molar-refractivity contribution is 7.89. The summed E-state index contributed by atoms with van der Waals surface area (Å²) < 4.78 is 24.4. The Morgan fingerprint density at radius 3 is 2.40 bits per heavy atom. The molecule has 0 fully saturated rings. The maximum atomic E-state index is 13.0. The molecule has 25 heavy (non-hydrogen) atoms. The molecule has 2 aromatic carbocycles. The summed E-state index contributed by atoms with van der Waals surface area (Å²) in [4.78, 5) is 17.6. The zero-order valence-electron chi connectivity index (χ0n) is 13.8. The van der Waals surface area contributed by atoms with Crippen molar-refractivity contribution in [3.05, 3.63) is 64.7 Å². The van der Waals surface area contributed by atoms with Crippen LogP contribution in [0.5, 0.6) is 0 Å². The molecule has 0 atom stereocenters. The summed E-state index contributed by atoms with van der Waals surface area (Å²) in [6.07, 6.45) is 2.54. The van der Waals surface area contributed by atoms with Gasteiger partial charge in [0.2, 0.25) is 10.0 Å². The van der Waals surface area contributed by atoms with Crippen LogP contribution in [0, 0.1) is 0 Å². The number of benzene rings is 2. The second-order valence-corrected chi connectivity index (χ2v) is 7.39. The number of para-hydroxylation sites is 1. The molecule has 6 nitrogen and oxygen atoms in total. The van der Waals surface area contributed by atoms with Gasteiger partial charge in [-0.15, -0.1) is 0 Å². The molecule has 0 aliphatic carbocycles. The van der Waals surface area contributed by atoms with Gasteiger partial charge in [-0.2, -0.15) is 0 Å². The molecule has 0 saturated heterocycles. The first-order valence-corrected chi connectivity index (χ1v) is 9.60. The molecule has 0 aliphatic heterocycles. The van der Waals surface area contributed by atoms with Gasteiger partial charge >= 0.3 is 0 Å². The zero-order valence-corrected chi connectivity index (χ0v) is 14.7. The Morgan fingerprint density at radius 1 is 1.08 bits per heavy atom. The molecule has 7 heteroatoms. The van der Waals surface area contributed by atoms with Crippen molar-refractivity contribution in [2.45, 2.75) is 31.1 Å². The van der Waals surface area contributed by atoms with E-state index in [2.05, 4.69) is 11.9 Å². The van der Waals surface area contributed by atoms with E-state index in [0.29, 0.717) is 28.8 Å². The van der Waals surface area contributed by atoms with E-state index in [1.807, 2.05) is 12.1 Å². The summed E-state index contributed by atoms with van der Waals surface area (Å²) in [6, 6.07) is 13.2. The number of primary sulfonamides is 1. The van der Waals surface area contributed by atoms with Crippen LogP contribution in [0.2, 0.25) is 0 Å². The van der Waals surface area contributed by atoms with Crippen LogP contribution in [0.25, 0.3) is 16.6 Å². The minimum atomic E-state index is -3.77. The number of unbranched alkanes of at least 4 members (excludes halogenated alkanes) is 1. The smallest absolute Gasteiger partial charge is 0.265 e. The molecule has 0 radical (unpaired) electrons. The van der Waals surface area contributed by atoms with Crippen LogP contribution in [0.15, 0.2) is 58.2 Å². The fraction of sp³-hybridized carbons (Fsp3) is 0.222. The minimum absolute atomic E-state index is 0.00755. The molecule has 3 aromatic rings. The van der Waals surface area contributed by atoms with Crippen LogP contribution < -0.4 is 10.7 Å². The van der Waals surface area contributed by atoms with E-state index in [1.165, 1.54) is 12.1 Å². The van der Waals surface area contributed by atoms with Gasteiger partial charge in [-0.1, -0.05) is 25.5 Å². The van der Waals surface area contributed by atoms with Crippen molar-refractivity contribution in [1.82, 2.24) is 9.55 Å². The van der Waals surface area contributed by atoms with Crippen molar-refractivity contribution in [3.8, 4) is 5.69 Å². The van der Waals surface area contributed by atoms with Gasteiger partial charge in [-0.25, -0.2) is 18.5 Å². The highest BCUT2D eigenvalue weighted by Crippen LogP contribution is 2.16. The van der Waals surface area contributed by atoms with Crippen molar-refractivity contribution in [3.63, 3.8) is 0 Å². The van der Waals surface area contributed by atoms with Crippen LogP contribution >= 0.6 is 0 Å². The molecule has 130 valence electrons. The Bertz CT molecular complexity index is 1070. The standard InChI is InChI=1S/C18H19N3O3S/c1-2-3-8-17-20-16-7-5-4-6-15(16)18(22)21(17)13-9-11-14(12-10-13)25(19,23)24/h4-7,9-12H,2-3,8H2,1H3,(H2,19,23,24). The molecule has 0 spiro atoms. The molecule has 2 N–H and O–H groups in total. The number of fused-ring (bicyclic) bond motifs is 1. The Morgan fingerprint density at radius 2 is 1.76 bits per heavy atom. The van der Waals surface area contributed by atoms with Gasteiger partial charge in [0.25, 0.3) is 5.56 Å². The van der Waals surface area contributed by atoms with E-state index in [4.69, 9.17) is 5.14 Å². The molecule has 0 unspecified atom stereocenters. The van der Waals surface area contributed by atoms with Gasteiger partial charge < -0.3 is 0 Å². The second-order valence-electron chi connectivity index (χ2n) is 5.83. The first-order valence-electron chi connectivity index (χ1n) is 8.05. The highest BCUT2D eigenvalue weighted by atomic mass is 32.2. The van der Waals surface area contributed by atoms with Crippen LogP contribution in [-0.2, 0) is 16.4 Å². The quantitative estimate of drug-likeness (QED) is 0.758. The average Bonchev–Trinajstić information content (AvgIpc) is 2.59. The van der Waals surface area contributed by atoms with E-state index < -0.39 is 10.0 Å². The monoisotopic (exact) mass is 357 g/mol. The summed E-state index contributed by atoms with van der Waals surface area (Å²) in [6.45, 7) is 2.07. The fourth-order valence-electron chi connectivity index (χ4n) is 2.73. The van der Waals surface area contributed by atoms with Crippen LogP contribution in [0.4, 0.5) is 0 Å². The third kappa shape index (κ3) is 3.47. The first kappa shape index (κ1) is 17.3. The van der Waals surface area contributed by atoms with Gasteiger partial charge in [0, 0.05) is 6.42 Å². The predicted molar refractivity (Wildman–Crippen MR) is 97.3 cm³/mol. The van der Waals surface area contributed by atoms with Crippen LogP contribution in [0.1, 0.15) is 25.6 Å². The number of hydrogen-bond donors (Lipinski definition) is 1. The van der Waals surface area contributed by atoms with Gasteiger partial charge in [0.05, 0.1) is 21.5 Å². The van der Waals surface area contributed by atoms with Gasteiger partial charge in [0.1, 0.15) is 5.82 Å². The summed E-state index contributed by atoms with van der Waals surface area (Å²) in [7, 11) is -3.77. The van der Waals surface area contributed by atoms with Gasteiger partial charge in [0.15, 0.2) is 0 Å². The highest BCUT2D eigenvalue weighted by Gasteiger charge is 2.13. The van der Waals surface area contributed by atoms with E-state index in [9.17, 15) is 13.2 Å². The predicted octanol–water partition coefficient (Wildman–Crippen LogP) is 2.38. The second kappa shape index (κ2) is 6.78. The molecular formula is C18H19N3O3S. The lowest BCUT2D eigenvalue weighted by atomic mass is 10.2. The summed E-state index contributed by atoms with van der Waals surface area (Å²) in [5.41, 5.74) is 1.07. The SMILES string of the molecule is CCCCc1nc2ccccc2c(=O)n1-c1ccc(S(N)(=O)=O)cc1. The minimum Gasteiger partial charge on any atom is -0.268 e. The largest absolute Gasteiger partial charge is 0.268 e. The van der Waals surface area contributed by atoms with Crippen molar-refractivity contribution in [1.29, 1.82) is 0 Å². The number of aryl methyl sites for hydroxylation is 1. The molecule has 0 bridgehead atoms. The van der Waals surface area contributed by atoms with Crippen LogP contribution in [-0.4, -0.2) is 18.0 Å². The molecular weight excluding hydrogens is 338 g/mol. The third-order valence-corrected chi connectivity index (χ3v) is 4.95. The van der Waals surface area contributed by atoms with E-state index in [-0.39, 0.29) is 10.5 Å². The number of sulfonamides is 1. The number of nitrogens with two attached hydrogens (primary N) is 1. The fourth-order valence-corrected chi connectivity index (χ4v) is 3.25. The molecule has 1 aromatic heterocycles. The zero-order chi connectivity index (χ0) is 18.0. The van der Waals surface area contributed by atoms with E-state index in [1.54, 1.807) is 28.8 Å². The number of nitrogens with zero attached hydrogens (tertiary/aromatic N) is 2. The summed E-state index contributed by atoms with van der Waals surface area (Å²) >= 11 is 0. The van der Waals surface area contributed by atoms with Gasteiger partial charge in [-0.3, -0.25) is 9.36 Å². The first-order chi connectivity index (χ1) is 11.9. The Kier molecular flexibility index (Phi) is 4.69. The topological polar surface area (TPSA) is 95.0 Å².